The minimum Gasteiger partial charge on any atom is -0.310 e. The molecule has 0 heterocycles. The lowest BCUT2D eigenvalue weighted by Gasteiger charge is -2.28. The topological polar surface area (TPSA) is 15.3 Å². The maximum atomic E-state index is 3.76. The van der Waals surface area contributed by atoms with Gasteiger partial charge in [0.1, 0.15) is 0 Å². The average Bonchev–Trinajstić information content (AvgIpc) is 3.21. The number of benzene rings is 1. The van der Waals surface area contributed by atoms with Crippen LogP contribution < -0.4 is 5.32 Å². The Morgan fingerprint density at radius 1 is 1.24 bits per heavy atom. The molecule has 1 saturated carbocycles. The molecule has 0 aliphatic heterocycles. The van der Waals surface area contributed by atoms with E-state index in [0.29, 0.717) is 12.0 Å². The molecular weight excluding hydrogens is 324 g/mol. The maximum absolute atomic E-state index is 3.76. The van der Waals surface area contributed by atoms with E-state index < -0.39 is 0 Å². The summed E-state index contributed by atoms with van der Waals surface area (Å²) < 4.78 is 1.24. The molecule has 0 unspecified atom stereocenters. The highest BCUT2D eigenvalue weighted by Gasteiger charge is 2.20. The Labute approximate surface area is 138 Å². The molecule has 118 valence electrons. The van der Waals surface area contributed by atoms with Crippen LogP contribution in [-0.2, 0) is 13.1 Å². The molecular formula is C18H29BrN2. The first kappa shape index (κ1) is 17.0. The van der Waals surface area contributed by atoms with Crippen molar-refractivity contribution in [1.82, 2.24) is 10.2 Å². The number of hydrogen-bond acceptors (Lipinski definition) is 2. The summed E-state index contributed by atoms with van der Waals surface area (Å²) in [5, 5.41) is 3.57. The molecule has 1 aliphatic carbocycles. The summed E-state index contributed by atoms with van der Waals surface area (Å²) in [4.78, 5) is 2.55. The predicted octanol–water partition coefficient (Wildman–Crippen LogP) is 4.57. The number of nitrogens with one attached hydrogen (secondary N) is 1. The van der Waals surface area contributed by atoms with Crippen LogP contribution in [0.4, 0.5) is 0 Å². The summed E-state index contributed by atoms with van der Waals surface area (Å²) in [7, 11) is 0. The van der Waals surface area contributed by atoms with Crippen LogP contribution >= 0.6 is 15.9 Å². The molecule has 1 aromatic rings. The summed E-state index contributed by atoms with van der Waals surface area (Å²) in [5.74, 6) is 0.702. The van der Waals surface area contributed by atoms with Gasteiger partial charge in [-0.25, -0.2) is 0 Å². The van der Waals surface area contributed by atoms with Gasteiger partial charge in [0.05, 0.1) is 0 Å². The molecule has 0 aromatic heterocycles. The lowest BCUT2D eigenvalue weighted by atomic mass is 10.1. The number of hydrogen-bond donors (Lipinski definition) is 1. The van der Waals surface area contributed by atoms with E-state index in [2.05, 4.69) is 72.0 Å². The quantitative estimate of drug-likeness (QED) is 0.737. The molecule has 1 aliphatic rings. The van der Waals surface area contributed by atoms with Gasteiger partial charge in [-0.1, -0.05) is 41.9 Å². The van der Waals surface area contributed by atoms with Gasteiger partial charge in [-0.2, -0.15) is 0 Å². The van der Waals surface area contributed by atoms with E-state index in [1.165, 1.54) is 28.4 Å². The van der Waals surface area contributed by atoms with E-state index in [1.807, 2.05) is 0 Å². The van der Waals surface area contributed by atoms with Gasteiger partial charge >= 0.3 is 0 Å². The van der Waals surface area contributed by atoms with Crippen LogP contribution in [0.1, 0.15) is 51.7 Å². The Bertz CT molecular complexity index is 453. The third kappa shape index (κ3) is 5.72. The highest BCUT2D eigenvalue weighted by atomic mass is 79.9. The Morgan fingerprint density at radius 2 is 1.95 bits per heavy atom. The molecule has 0 amide bonds. The summed E-state index contributed by atoms with van der Waals surface area (Å²) in [6.07, 6.45) is 2.69. The fraction of sp³-hybridized carbons (Fsp3) is 0.667. The monoisotopic (exact) mass is 352 g/mol. The molecule has 2 rings (SSSR count). The van der Waals surface area contributed by atoms with Gasteiger partial charge in [0.25, 0.3) is 0 Å². The first-order valence-electron chi connectivity index (χ1n) is 8.20. The van der Waals surface area contributed by atoms with E-state index in [4.69, 9.17) is 0 Å². The van der Waals surface area contributed by atoms with E-state index >= 15 is 0 Å². The van der Waals surface area contributed by atoms with Crippen LogP contribution in [0, 0.1) is 5.92 Å². The van der Waals surface area contributed by atoms with E-state index in [1.54, 1.807) is 0 Å². The van der Waals surface area contributed by atoms with Crippen LogP contribution in [0.2, 0.25) is 0 Å². The van der Waals surface area contributed by atoms with Crippen LogP contribution in [0.25, 0.3) is 0 Å². The van der Waals surface area contributed by atoms with Crippen LogP contribution in [0.3, 0.4) is 0 Å². The molecule has 1 fully saturated rings. The van der Waals surface area contributed by atoms with Crippen LogP contribution in [0.15, 0.2) is 22.7 Å². The summed E-state index contributed by atoms with van der Waals surface area (Å²) >= 11 is 3.76. The van der Waals surface area contributed by atoms with Crippen molar-refractivity contribution in [1.29, 1.82) is 0 Å². The van der Waals surface area contributed by atoms with Crippen molar-refractivity contribution in [2.24, 2.45) is 5.92 Å². The Kier molecular flexibility index (Phi) is 6.27. The zero-order valence-electron chi connectivity index (χ0n) is 13.8. The van der Waals surface area contributed by atoms with Gasteiger partial charge in [0.2, 0.25) is 0 Å². The standard InChI is InChI=1S/C18H29BrN2/c1-13(2)11-21(14(3)4)12-16-6-5-15(9-18(16)19)10-20-17-7-8-17/h5-6,9,13-14,17,20H,7-8,10-12H2,1-4H3. The lowest BCUT2D eigenvalue weighted by Crippen LogP contribution is -2.33. The molecule has 1 aromatic carbocycles. The number of halogens is 1. The molecule has 0 spiro atoms. The van der Waals surface area contributed by atoms with Gasteiger partial charge in [-0.15, -0.1) is 0 Å². The van der Waals surface area contributed by atoms with Crippen molar-refractivity contribution in [2.45, 2.75) is 65.7 Å². The van der Waals surface area contributed by atoms with Gasteiger partial charge in [-0.3, -0.25) is 4.90 Å². The Balaban J connectivity index is 1.97. The Morgan fingerprint density at radius 3 is 2.48 bits per heavy atom. The first-order valence-corrected chi connectivity index (χ1v) is 8.99. The fourth-order valence-corrected chi connectivity index (χ4v) is 3.08. The summed E-state index contributed by atoms with van der Waals surface area (Å²) in [5.41, 5.74) is 2.76. The predicted molar refractivity (Wildman–Crippen MR) is 94.4 cm³/mol. The zero-order chi connectivity index (χ0) is 15.4. The molecule has 0 saturated heterocycles. The molecule has 0 bridgehead atoms. The minimum atomic E-state index is 0.579. The second-order valence-electron chi connectivity index (χ2n) is 7.00. The van der Waals surface area contributed by atoms with Gasteiger partial charge < -0.3 is 5.32 Å². The van der Waals surface area contributed by atoms with Crippen molar-refractivity contribution in [2.75, 3.05) is 6.54 Å². The third-order valence-corrected chi connectivity index (χ3v) is 4.73. The fourth-order valence-electron chi connectivity index (χ4n) is 2.52. The number of nitrogens with zero attached hydrogens (tertiary/aromatic N) is 1. The van der Waals surface area contributed by atoms with Gasteiger partial charge in [-0.05, 0) is 49.8 Å². The highest BCUT2D eigenvalue weighted by molar-refractivity contribution is 9.10. The maximum Gasteiger partial charge on any atom is 0.0247 e. The van der Waals surface area contributed by atoms with Crippen molar-refractivity contribution >= 4 is 15.9 Å². The minimum absolute atomic E-state index is 0.579. The summed E-state index contributed by atoms with van der Waals surface area (Å²) in [6, 6.07) is 8.17. The largest absolute Gasteiger partial charge is 0.310 e. The normalized spacial score (nSPS) is 15.4. The first-order chi connectivity index (χ1) is 9.95. The number of rotatable bonds is 8. The smallest absolute Gasteiger partial charge is 0.0247 e. The highest BCUT2D eigenvalue weighted by Crippen LogP contribution is 2.23. The Hall–Kier alpha value is -0.380. The molecule has 3 heteroatoms. The molecule has 0 atom stereocenters. The van der Waals surface area contributed by atoms with E-state index in [9.17, 15) is 0 Å². The zero-order valence-corrected chi connectivity index (χ0v) is 15.4. The molecule has 2 nitrogen and oxygen atoms in total. The second kappa shape index (κ2) is 7.75. The van der Waals surface area contributed by atoms with E-state index in [-0.39, 0.29) is 0 Å². The van der Waals surface area contributed by atoms with Gasteiger partial charge in [0, 0.05) is 36.2 Å². The van der Waals surface area contributed by atoms with Crippen molar-refractivity contribution in [3.8, 4) is 0 Å². The molecule has 21 heavy (non-hydrogen) atoms. The van der Waals surface area contributed by atoms with Crippen molar-refractivity contribution in [3.05, 3.63) is 33.8 Å². The van der Waals surface area contributed by atoms with Crippen LogP contribution in [0.5, 0.6) is 0 Å². The average molecular weight is 353 g/mol. The molecule has 0 radical (unpaired) electrons. The molecule has 1 N–H and O–H groups in total. The SMILES string of the molecule is CC(C)CN(Cc1ccc(CNC2CC2)cc1Br)C(C)C. The van der Waals surface area contributed by atoms with Crippen molar-refractivity contribution in [3.63, 3.8) is 0 Å². The van der Waals surface area contributed by atoms with Crippen LogP contribution in [-0.4, -0.2) is 23.5 Å². The second-order valence-corrected chi connectivity index (χ2v) is 7.85. The summed E-state index contributed by atoms with van der Waals surface area (Å²) in [6.45, 7) is 12.3. The van der Waals surface area contributed by atoms with Crippen molar-refractivity contribution < 1.29 is 0 Å². The van der Waals surface area contributed by atoms with Gasteiger partial charge in [0.15, 0.2) is 0 Å². The lowest BCUT2D eigenvalue weighted by molar-refractivity contribution is 0.189. The van der Waals surface area contributed by atoms with E-state index in [0.717, 1.165) is 25.7 Å². The third-order valence-electron chi connectivity index (χ3n) is 3.99.